The highest BCUT2D eigenvalue weighted by atomic mass is 16.3. The fraction of sp³-hybridized carbons (Fsp3) is 0.0556. The van der Waals surface area contributed by atoms with Crippen LogP contribution in [0.15, 0.2) is 57.8 Å². The van der Waals surface area contributed by atoms with Crippen molar-refractivity contribution < 1.29 is 13.6 Å². The molecule has 0 atom stereocenters. The van der Waals surface area contributed by atoms with Gasteiger partial charge < -0.3 is 8.83 Å². The van der Waals surface area contributed by atoms with Crippen molar-refractivity contribution in [1.82, 2.24) is 0 Å². The van der Waals surface area contributed by atoms with Gasteiger partial charge in [0.25, 0.3) is 0 Å². The van der Waals surface area contributed by atoms with Crippen LogP contribution in [0.4, 0.5) is 0 Å². The minimum atomic E-state index is 0.0472. The van der Waals surface area contributed by atoms with Gasteiger partial charge in [-0.25, -0.2) is 0 Å². The van der Waals surface area contributed by atoms with Gasteiger partial charge in [-0.1, -0.05) is 30.3 Å². The summed E-state index contributed by atoms with van der Waals surface area (Å²) in [5.74, 6) is 0.0472. The first-order chi connectivity index (χ1) is 10.3. The topological polar surface area (TPSA) is 43.4 Å². The van der Waals surface area contributed by atoms with Crippen molar-refractivity contribution in [3.05, 3.63) is 59.6 Å². The van der Waals surface area contributed by atoms with E-state index in [0.29, 0.717) is 11.8 Å². The zero-order valence-electron chi connectivity index (χ0n) is 11.2. The average Bonchev–Trinajstić information content (AvgIpc) is 2.49. The molecule has 1 aliphatic carbocycles. The Morgan fingerprint density at radius 1 is 0.952 bits per heavy atom. The normalized spacial score (nSPS) is 13.4. The molecular weight excluding hydrogens is 264 g/mol. The Morgan fingerprint density at radius 3 is 2.81 bits per heavy atom. The zero-order valence-corrected chi connectivity index (χ0v) is 11.2. The van der Waals surface area contributed by atoms with Crippen molar-refractivity contribution >= 4 is 28.9 Å². The van der Waals surface area contributed by atoms with E-state index in [4.69, 9.17) is 8.83 Å². The largest absolute Gasteiger partial charge is 0.464 e. The Bertz CT molecular complexity index is 987. The molecule has 0 fully saturated rings. The Labute approximate surface area is 120 Å². The molecule has 0 spiro atoms. The maximum absolute atomic E-state index is 11.6. The molecule has 1 aromatic rings. The van der Waals surface area contributed by atoms with Gasteiger partial charge >= 0.3 is 0 Å². The molecule has 21 heavy (non-hydrogen) atoms. The molecule has 0 saturated carbocycles. The molecule has 0 unspecified atom stereocenters. The van der Waals surface area contributed by atoms with Gasteiger partial charge in [-0.2, -0.15) is 0 Å². The van der Waals surface area contributed by atoms with Crippen LogP contribution < -0.4 is 10.6 Å². The number of carbonyl (C=O) groups is 1. The van der Waals surface area contributed by atoms with E-state index in [1.165, 1.54) is 0 Å². The van der Waals surface area contributed by atoms with Crippen LogP contribution in [0.5, 0.6) is 0 Å². The van der Waals surface area contributed by atoms with Gasteiger partial charge in [-0.15, -0.1) is 0 Å². The average molecular weight is 276 g/mol. The molecule has 1 aromatic carbocycles. The maximum Gasteiger partial charge on any atom is 0.163 e. The van der Waals surface area contributed by atoms with Crippen molar-refractivity contribution in [2.24, 2.45) is 0 Å². The second-order valence-electron chi connectivity index (χ2n) is 4.97. The van der Waals surface area contributed by atoms with E-state index >= 15 is 0 Å². The molecule has 0 saturated heterocycles. The first-order valence-corrected chi connectivity index (χ1v) is 6.78. The number of para-hydroxylation sites is 1. The number of ketones is 1. The van der Waals surface area contributed by atoms with Gasteiger partial charge in [-0.05, 0) is 17.7 Å². The molecule has 0 amide bonds. The standard InChI is InChI=1S/C18H12O3/c19-12-7-8-15-16-11-21-17-6-2-1-4-14(17)13(16)5-3-9-20-18(15)10-12/h1-6,8-11H,7H2. The summed E-state index contributed by atoms with van der Waals surface area (Å²) in [4.78, 5) is 11.6. The predicted octanol–water partition coefficient (Wildman–Crippen LogP) is 2.79. The monoisotopic (exact) mass is 276 g/mol. The van der Waals surface area contributed by atoms with E-state index in [0.717, 1.165) is 27.3 Å². The molecule has 3 heteroatoms. The summed E-state index contributed by atoms with van der Waals surface area (Å²) in [7, 11) is 0. The summed E-state index contributed by atoms with van der Waals surface area (Å²) in [6, 6.07) is 11.7. The Kier molecular flexibility index (Phi) is 2.64. The minimum Gasteiger partial charge on any atom is -0.464 e. The molecule has 0 radical (unpaired) electrons. The molecule has 0 bridgehead atoms. The van der Waals surface area contributed by atoms with Crippen LogP contribution in [-0.4, -0.2) is 5.78 Å². The van der Waals surface area contributed by atoms with E-state index in [1.54, 1.807) is 18.6 Å². The highest BCUT2D eigenvalue weighted by molar-refractivity contribution is 6.09. The number of hydrogen-bond acceptors (Lipinski definition) is 3. The molecule has 0 aromatic heterocycles. The van der Waals surface area contributed by atoms with Gasteiger partial charge in [0, 0.05) is 28.7 Å². The summed E-state index contributed by atoms with van der Waals surface area (Å²) in [6.07, 6.45) is 7.15. The van der Waals surface area contributed by atoms with Gasteiger partial charge in [0.2, 0.25) is 0 Å². The lowest BCUT2D eigenvalue weighted by molar-refractivity contribution is -0.112. The highest BCUT2D eigenvalue weighted by Gasteiger charge is 2.11. The van der Waals surface area contributed by atoms with E-state index in [2.05, 4.69) is 0 Å². The maximum atomic E-state index is 11.6. The lowest BCUT2D eigenvalue weighted by Gasteiger charge is -2.09. The van der Waals surface area contributed by atoms with Crippen LogP contribution in [0, 0.1) is 0 Å². The summed E-state index contributed by atoms with van der Waals surface area (Å²) in [6.45, 7) is 0. The van der Waals surface area contributed by atoms with E-state index in [9.17, 15) is 4.79 Å². The van der Waals surface area contributed by atoms with Crippen LogP contribution in [0.2, 0.25) is 0 Å². The molecule has 2 heterocycles. The fourth-order valence-corrected chi connectivity index (χ4v) is 2.69. The molecular formula is C18H12O3. The number of fused-ring (bicyclic) bond motifs is 5. The lowest BCUT2D eigenvalue weighted by Crippen LogP contribution is -2.30. The molecule has 0 N–H and O–H groups in total. The van der Waals surface area contributed by atoms with Crippen LogP contribution in [-0.2, 0) is 4.79 Å². The SMILES string of the molecule is O=C1C=c2occcc3c4ccccc4occ-3c2=CC1. The fourth-order valence-electron chi connectivity index (χ4n) is 2.69. The summed E-state index contributed by atoms with van der Waals surface area (Å²) < 4.78 is 11.3. The van der Waals surface area contributed by atoms with Gasteiger partial charge in [-0.3, -0.25) is 4.79 Å². The van der Waals surface area contributed by atoms with Crippen LogP contribution in [0.3, 0.4) is 0 Å². The minimum absolute atomic E-state index is 0.0472. The number of carbonyl (C=O) groups excluding carboxylic acids is 1. The van der Waals surface area contributed by atoms with Crippen molar-refractivity contribution in [1.29, 1.82) is 0 Å². The van der Waals surface area contributed by atoms with E-state index in [-0.39, 0.29) is 5.78 Å². The number of rotatable bonds is 0. The summed E-state index contributed by atoms with van der Waals surface area (Å²) in [5, 5.41) is 1.94. The van der Waals surface area contributed by atoms with Crippen molar-refractivity contribution in [3.63, 3.8) is 0 Å². The predicted molar refractivity (Wildman–Crippen MR) is 80.5 cm³/mol. The van der Waals surface area contributed by atoms with Crippen molar-refractivity contribution in [3.8, 4) is 11.1 Å². The zero-order chi connectivity index (χ0) is 14.2. The van der Waals surface area contributed by atoms with Crippen molar-refractivity contribution in [2.75, 3.05) is 0 Å². The van der Waals surface area contributed by atoms with Crippen LogP contribution >= 0.6 is 0 Å². The number of hydrogen-bond donors (Lipinski definition) is 0. The Morgan fingerprint density at radius 2 is 1.86 bits per heavy atom. The van der Waals surface area contributed by atoms with Gasteiger partial charge in [0.15, 0.2) is 5.78 Å². The third-order valence-electron chi connectivity index (χ3n) is 3.66. The second-order valence-corrected chi connectivity index (χ2v) is 4.97. The van der Waals surface area contributed by atoms with E-state index in [1.807, 2.05) is 42.5 Å². The summed E-state index contributed by atoms with van der Waals surface area (Å²) in [5.41, 5.74) is 3.42. The second kappa shape index (κ2) is 4.63. The third kappa shape index (κ3) is 1.94. The third-order valence-corrected chi connectivity index (χ3v) is 3.66. The lowest BCUT2D eigenvalue weighted by atomic mass is 9.99. The Hall–Kier alpha value is -2.81. The number of benzene rings is 1. The quantitative estimate of drug-likeness (QED) is 0.634. The highest BCUT2D eigenvalue weighted by Crippen LogP contribution is 2.27. The first kappa shape index (κ1) is 12.0. The smallest absolute Gasteiger partial charge is 0.163 e. The molecule has 2 aliphatic heterocycles. The van der Waals surface area contributed by atoms with Crippen molar-refractivity contribution in [2.45, 2.75) is 6.42 Å². The van der Waals surface area contributed by atoms with Gasteiger partial charge in [0.1, 0.15) is 11.0 Å². The van der Waals surface area contributed by atoms with Gasteiger partial charge in [0.05, 0.1) is 12.5 Å². The molecule has 3 nitrogen and oxygen atoms in total. The molecule has 102 valence electrons. The molecule has 3 aliphatic rings. The van der Waals surface area contributed by atoms with Crippen LogP contribution in [0.25, 0.3) is 34.2 Å². The molecule has 4 rings (SSSR count). The van der Waals surface area contributed by atoms with E-state index < -0.39 is 0 Å². The Balaban J connectivity index is 2.25. The summed E-state index contributed by atoms with van der Waals surface area (Å²) >= 11 is 0. The number of Topliss-reactive ketones (excluding diaryl/α,β-unsaturated/α-hetero) is 1. The van der Waals surface area contributed by atoms with Crippen LogP contribution in [0.1, 0.15) is 6.42 Å². The first-order valence-electron chi connectivity index (χ1n) is 6.78.